The summed E-state index contributed by atoms with van der Waals surface area (Å²) in [6.07, 6.45) is 0.501. The normalized spacial score (nSPS) is 10.3. The number of esters is 1. The van der Waals surface area contributed by atoms with Crippen LogP contribution in [0.3, 0.4) is 0 Å². The van der Waals surface area contributed by atoms with E-state index in [4.69, 9.17) is 18.9 Å². The van der Waals surface area contributed by atoms with Crippen molar-refractivity contribution in [1.82, 2.24) is 5.32 Å². The standard InChI is InChI=1S/C24H23NO6/c1-2-23(26)29-16-15-28-14-13-25-24(27)31-22-10-6-7-18-17-20(11-12-21(18)22)30-19-8-4-3-5-9-19/h2-12,17H,1,13-16H2,(H,25,27). The summed E-state index contributed by atoms with van der Waals surface area (Å²) in [7, 11) is 0. The Bertz CT molecular complexity index is 1030. The van der Waals surface area contributed by atoms with Gasteiger partial charge in [0.2, 0.25) is 0 Å². The molecule has 0 aromatic heterocycles. The molecule has 3 aromatic rings. The Morgan fingerprint density at radius 3 is 2.55 bits per heavy atom. The number of para-hydroxylation sites is 1. The van der Waals surface area contributed by atoms with Crippen LogP contribution in [-0.2, 0) is 14.3 Å². The molecular weight excluding hydrogens is 398 g/mol. The van der Waals surface area contributed by atoms with E-state index in [-0.39, 0.29) is 26.4 Å². The molecule has 0 radical (unpaired) electrons. The molecule has 3 aromatic carbocycles. The smallest absolute Gasteiger partial charge is 0.412 e. The van der Waals surface area contributed by atoms with Crippen LogP contribution in [0.15, 0.2) is 79.4 Å². The molecule has 0 saturated heterocycles. The first-order chi connectivity index (χ1) is 15.2. The van der Waals surface area contributed by atoms with E-state index in [1.807, 2.05) is 60.7 Å². The van der Waals surface area contributed by atoms with E-state index in [0.717, 1.165) is 22.6 Å². The molecule has 0 aliphatic carbocycles. The number of carbonyl (C=O) groups is 2. The number of hydrogen-bond acceptors (Lipinski definition) is 6. The van der Waals surface area contributed by atoms with E-state index in [1.165, 1.54) is 0 Å². The van der Waals surface area contributed by atoms with E-state index in [0.29, 0.717) is 11.5 Å². The maximum Gasteiger partial charge on any atom is 0.412 e. The zero-order valence-electron chi connectivity index (χ0n) is 16.9. The van der Waals surface area contributed by atoms with Crippen LogP contribution >= 0.6 is 0 Å². The first kappa shape index (κ1) is 21.9. The van der Waals surface area contributed by atoms with Crippen LogP contribution in [0.1, 0.15) is 0 Å². The zero-order chi connectivity index (χ0) is 21.9. The highest BCUT2D eigenvalue weighted by Gasteiger charge is 2.09. The molecule has 7 heteroatoms. The second kappa shape index (κ2) is 11.4. The highest BCUT2D eigenvalue weighted by atomic mass is 16.6. The summed E-state index contributed by atoms with van der Waals surface area (Å²) < 4.78 is 21.3. The third-order valence-corrected chi connectivity index (χ3v) is 4.15. The Kier molecular flexibility index (Phi) is 8.02. The summed E-state index contributed by atoms with van der Waals surface area (Å²) in [5.74, 6) is 1.38. The number of rotatable bonds is 10. The van der Waals surface area contributed by atoms with E-state index in [9.17, 15) is 9.59 Å². The number of carbonyl (C=O) groups excluding carboxylic acids is 2. The summed E-state index contributed by atoms with van der Waals surface area (Å²) in [6.45, 7) is 4.17. The number of hydrogen-bond donors (Lipinski definition) is 1. The van der Waals surface area contributed by atoms with Gasteiger partial charge >= 0.3 is 12.1 Å². The van der Waals surface area contributed by atoms with Gasteiger partial charge < -0.3 is 24.3 Å². The third-order valence-electron chi connectivity index (χ3n) is 4.15. The Morgan fingerprint density at radius 2 is 1.74 bits per heavy atom. The molecule has 0 aliphatic heterocycles. The molecule has 0 heterocycles. The second-order valence-electron chi connectivity index (χ2n) is 6.35. The maximum atomic E-state index is 12.1. The van der Waals surface area contributed by atoms with Gasteiger partial charge in [0, 0.05) is 18.0 Å². The van der Waals surface area contributed by atoms with Gasteiger partial charge in [-0.25, -0.2) is 9.59 Å². The quantitative estimate of drug-likeness (QED) is 0.296. The average Bonchev–Trinajstić information content (AvgIpc) is 2.79. The molecule has 31 heavy (non-hydrogen) atoms. The van der Waals surface area contributed by atoms with Crippen LogP contribution in [0.4, 0.5) is 4.79 Å². The first-order valence-corrected chi connectivity index (χ1v) is 9.74. The van der Waals surface area contributed by atoms with Gasteiger partial charge in [0.25, 0.3) is 0 Å². The van der Waals surface area contributed by atoms with Gasteiger partial charge in [0.05, 0.1) is 13.2 Å². The molecule has 0 fully saturated rings. The fourth-order valence-corrected chi connectivity index (χ4v) is 2.73. The minimum Gasteiger partial charge on any atom is -0.460 e. The molecule has 160 valence electrons. The van der Waals surface area contributed by atoms with E-state index >= 15 is 0 Å². The van der Waals surface area contributed by atoms with Crippen molar-refractivity contribution < 1.29 is 28.5 Å². The molecule has 0 spiro atoms. The fourth-order valence-electron chi connectivity index (χ4n) is 2.73. The minimum absolute atomic E-state index is 0.126. The van der Waals surface area contributed by atoms with Crippen LogP contribution in [-0.4, -0.2) is 38.4 Å². The largest absolute Gasteiger partial charge is 0.460 e. The van der Waals surface area contributed by atoms with Crippen molar-refractivity contribution in [2.75, 3.05) is 26.4 Å². The highest BCUT2D eigenvalue weighted by molar-refractivity contribution is 5.91. The summed E-state index contributed by atoms with van der Waals surface area (Å²) in [5.41, 5.74) is 0. The average molecular weight is 421 g/mol. The molecule has 0 bridgehead atoms. The third kappa shape index (κ3) is 6.87. The molecule has 1 N–H and O–H groups in total. The summed E-state index contributed by atoms with van der Waals surface area (Å²) in [5, 5.41) is 4.29. The lowest BCUT2D eigenvalue weighted by atomic mass is 10.1. The predicted octanol–water partition coefficient (Wildman–Crippen LogP) is 4.47. The van der Waals surface area contributed by atoms with E-state index < -0.39 is 12.1 Å². The van der Waals surface area contributed by atoms with Gasteiger partial charge in [-0.2, -0.15) is 0 Å². The predicted molar refractivity (Wildman–Crippen MR) is 116 cm³/mol. The van der Waals surface area contributed by atoms with Crippen molar-refractivity contribution in [3.8, 4) is 17.2 Å². The van der Waals surface area contributed by atoms with Crippen LogP contribution in [0.25, 0.3) is 10.8 Å². The van der Waals surface area contributed by atoms with Crippen molar-refractivity contribution in [2.24, 2.45) is 0 Å². The van der Waals surface area contributed by atoms with Gasteiger partial charge in [-0.3, -0.25) is 0 Å². The monoisotopic (exact) mass is 421 g/mol. The number of amides is 1. The molecule has 0 atom stereocenters. The zero-order valence-corrected chi connectivity index (χ0v) is 16.9. The molecule has 7 nitrogen and oxygen atoms in total. The van der Waals surface area contributed by atoms with Crippen molar-refractivity contribution in [3.05, 3.63) is 79.4 Å². The fraction of sp³-hybridized carbons (Fsp3) is 0.167. The minimum atomic E-state index is -0.584. The molecule has 0 saturated carbocycles. The van der Waals surface area contributed by atoms with Crippen LogP contribution in [0.2, 0.25) is 0 Å². The van der Waals surface area contributed by atoms with Crippen molar-refractivity contribution in [2.45, 2.75) is 0 Å². The van der Waals surface area contributed by atoms with Crippen molar-refractivity contribution in [1.29, 1.82) is 0 Å². The Hall–Kier alpha value is -3.84. The lowest BCUT2D eigenvalue weighted by molar-refractivity contribution is -0.139. The number of nitrogens with one attached hydrogen (secondary N) is 1. The molecule has 0 unspecified atom stereocenters. The first-order valence-electron chi connectivity index (χ1n) is 9.74. The van der Waals surface area contributed by atoms with Gasteiger partial charge in [0.15, 0.2) is 0 Å². The lowest BCUT2D eigenvalue weighted by Gasteiger charge is -2.11. The summed E-state index contributed by atoms with van der Waals surface area (Å²) >= 11 is 0. The Balaban J connectivity index is 1.49. The number of ether oxygens (including phenoxy) is 4. The van der Waals surface area contributed by atoms with Crippen molar-refractivity contribution >= 4 is 22.8 Å². The van der Waals surface area contributed by atoms with E-state index in [2.05, 4.69) is 11.9 Å². The van der Waals surface area contributed by atoms with Crippen LogP contribution in [0.5, 0.6) is 17.2 Å². The molecule has 0 aliphatic rings. The van der Waals surface area contributed by atoms with Crippen molar-refractivity contribution in [3.63, 3.8) is 0 Å². The topological polar surface area (TPSA) is 83.1 Å². The highest BCUT2D eigenvalue weighted by Crippen LogP contribution is 2.30. The Morgan fingerprint density at radius 1 is 0.903 bits per heavy atom. The maximum absolute atomic E-state index is 12.1. The van der Waals surface area contributed by atoms with Crippen LogP contribution < -0.4 is 14.8 Å². The van der Waals surface area contributed by atoms with Gasteiger partial charge in [-0.1, -0.05) is 36.9 Å². The molecule has 1 amide bonds. The van der Waals surface area contributed by atoms with Gasteiger partial charge in [0.1, 0.15) is 23.9 Å². The van der Waals surface area contributed by atoms with Gasteiger partial charge in [-0.05, 0) is 41.8 Å². The Labute approximate surface area is 180 Å². The summed E-state index contributed by atoms with van der Waals surface area (Å²) in [6, 6.07) is 20.5. The number of fused-ring (bicyclic) bond motifs is 1. The SMILES string of the molecule is C=CC(=O)OCCOCCNC(=O)Oc1cccc2cc(Oc3ccccc3)ccc12. The second-order valence-corrected chi connectivity index (χ2v) is 6.35. The van der Waals surface area contributed by atoms with Gasteiger partial charge in [-0.15, -0.1) is 0 Å². The molecule has 3 rings (SSSR count). The summed E-state index contributed by atoms with van der Waals surface area (Å²) in [4.78, 5) is 23.0. The molecular formula is C24H23NO6. The van der Waals surface area contributed by atoms with Crippen LogP contribution in [0, 0.1) is 0 Å². The van der Waals surface area contributed by atoms with E-state index in [1.54, 1.807) is 6.07 Å². The number of benzene rings is 3. The lowest BCUT2D eigenvalue weighted by Crippen LogP contribution is -2.30.